The number of aliphatic hydroxyl groups is 1. The lowest BCUT2D eigenvalue weighted by Crippen LogP contribution is -2.30. The van der Waals surface area contributed by atoms with Crippen molar-refractivity contribution in [3.05, 3.63) is 0 Å². The summed E-state index contributed by atoms with van der Waals surface area (Å²) >= 11 is 4.25. The van der Waals surface area contributed by atoms with Crippen molar-refractivity contribution < 1.29 is 5.11 Å². The molecule has 3 heteroatoms. The molecule has 0 saturated carbocycles. The van der Waals surface area contributed by atoms with Gasteiger partial charge in [-0.1, -0.05) is 20.3 Å². The van der Waals surface area contributed by atoms with Gasteiger partial charge in [0.15, 0.2) is 0 Å². The quantitative estimate of drug-likeness (QED) is 0.566. The van der Waals surface area contributed by atoms with Crippen molar-refractivity contribution in [1.29, 1.82) is 0 Å². The van der Waals surface area contributed by atoms with Crippen molar-refractivity contribution >= 4 is 12.6 Å². The number of aliphatic hydroxyl groups excluding tert-OH is 1. The molecule has 0 fully saturated rings. The predicted molar refractivity (Wildman–Crippen MR) is 70.7 cm³/mol. The summed E-state index contributed by atoms with van der Waals surface area (Å²) in [6, 6.07) is 0. The Morgan fingerprint density at radius 1 is 1.20 bits per heavy atom. The lowest BCUT2D eigenvalue weighted by atomic mass is 10.0. The Labute approximate surface area is 100 Å². The molecule has 0 radical (unpaired) electrons. The van der Waals surface area contributed by atoms with E-state index < -0.39 is 0 Å². The molecular formula is C12H27NOS. The third kappa shape index (κ3) is 9.21. The number of thiol groups is 1. The molecule has 0 rings (SSSR count). The summed E-state index contributed by atoms with van der Waals surface area (Å²) in [7, 11) is 0. The predicted octanol–water partition coefficient (Wildman–Crippen LogP) is 2.43. The first-order valence-corrected chi connectivity index (χ1v) is 6.81. The lowest BCUT2D eigenvalue weighted by Gasteiger charge is -2.22. The van der Waals surface area contributed by atoms with Gasteiger partial charge in [0, 0.05) is 6.54 Å². The molecule has 0 aromatic rings. The summed E-state index contributed by atoms with van der Waals surface area (Å²) in [5, 5.41) is 8.95. The average molecular weight is 233 g/mol. The van der Waals surface area contributed by atoms with E-state index in [2.05, 4.69) is 31.4 Å². The summed E-state index contributed by atoms with van der Waals surface area (Å²) in [6.45, 7) is 7.85. The van der Waals surface area contributed by atoms with Crippen LogP contribution in [0.5, 0.6) is 0 Å². The van der Waals surface area contributed by atoms with Crippen molar-refractivity contribution in [1.82, 2.24) is 4.90 Å². The molecule has 0 heterocycles. The highest BCUT2D eigenvalue weighted by Gasteiger charge is 2.06. The Kier molecular flexibility index (Phi) is 11.0. The van der Waals surface area contributed by atoms with Crippen molar-refractivity contribution in [3.8, 4) is 0 Å². The fourth-order valence-electron chi connectivity index (χ4n) is 1.63. The van der Waals surface area contributed by atoms with Crippen LogP contribution in [-0.2, 0) is 0 Å². The first kappa shape index (κ1) is 15.3. The van der Waals surface area contributed by atoms with E-state index in [-0.39, 0.29) is 6.61 Å². The first-order valence-electron chi connectivity index (χ1n) is 6.18. The van der Waals surface area contributed by atoms with Crippen LogP contribution < -0.4 is 0 Å². The third-order valence-corrected chi connectivity index (χ3v) is 3.06. The van der Waals surface area contributed by atoms with Gasteiger partial charge >= 0.3 is 0 Å². The molecule has 15 heavy (non-hydrogen) atoms. The zero-order valence-corrected chi connectivity index (χ0v) is 11.2. The smallest absolute Gasteiger partial charge is 0.0558 e. The van der Waals surface area contributed by atoms with E-state index in [1.807, 2.05) is 0 Å². The molecule has 0 aliphatic rings. The van der Waals surface area contributed by atoms with Crippen molar-refractivity contribution in [2.45, 2.75) is 39.5 Å². The van der Waals surface area contributed by atoms with Crippen LogP contribution in [-0.4, -0.2) is 42.0 Å². The van der Waals surface area contributed by atoms with Gasteiger partial charge in [-0.25, -0.2) is 0 Å². The number of hydrogen-bond donors (Lipinski definition) is 2. The van der Waals surface area contributed by atoms with Gasteiger partial charge in [-0.05, 0) is 44.0 Å². The van der Waals surface area contributed by atoms with Crippen molar-refractivity contribution in [3.63, 3.8) is 0 Å². The average Bonchev–Trinajstić information content (AvgIpc) is 2.22. The summed E-state index contributed by atoms with van der Waals surface area (Å²) in [5.41, 5.74) is 0. The molecule has 0 amide bonds. The SMILES string of the molecule is CCCCN(CCO)CCC(C)CCS. The third-order valence-electron chi connectivity index (χ3n) is 2.80. The second-order valence-corrected chi connectivity index (χ2v) is 4.77. The van der Waals surface area contributed by atoms with Gasteiger partial charge in [0.05, 0.1) is 6.61 Å². The van der Waals surface area contributed by atoms with Crippen LogP contribution in [0.2, 0.25) is 0 Å². The molecule has 0 aromatic carbocycles. The molecule has 0 spiro atoms. The monoisotopic (exact) mass is 233 g/mol. The summed E-state index contributed by atoms with van der Waals surface area (Å²) in [6.07, 6.45) is 4.89. The summed E-state index contributed by atoms with van der Waals surface area (Å²) in [4.78, 5) is 2.37. The summed E-state index contributed by atoms with van der Waals surface area (Å²) < 4.78 is 0. The van der Waals surface area contributed by atoms with Crippen LogP contribution in [0.1, 0.15) is 39.5 Å². The van der Waals surface area contributed by atoms with Gasteiger partial charge in [0.1, 0.15) is 0 Å². The largest absolute Gasteiger partial charge is 0.395 e. The minimum absolute atomic E-state index is 0.282. The molecule has 0 saturated heterocycles. The highest BCUT2D eigenvalue weighted by molar-refractivity contribution is 7.80. The Balaban J connectivity index is 3.63. The van der Waals surface area contributed by atoms with E-state index in [0.29, 0.717) is 0 Å². The van der Waals surface area contributed by atoms with E-state index in [1.54, 1.807) is 0 Å². The molecule has 0 aliphatic heterocycles. The maximum Gasteiger partial charge on any atom is 0.0558 e. The minimum atomic E-state index is 0.282. The first-order chi connectivity index (χ1) is 7.24. The normalized spacial score (nSPS) is 13.4. The van der Waals surface area contributed by atoms with Crippen LogP contribution in [0.15, 0.2) is 0 Å². The van der Waals surface area contributed by atoms with E-state index in [0.717, 1.165) is 31.3 Å². The minimum Gasteiger partial charge on any atom is -0.395 e. The maximum atomic E-state index is 8.95. The fourth-order valence-corrected chi connectivity index (χ4v) is 2.07. The zero-order valence-electron chi connectivity index (χ0n) is 10.3. The van der Waals surface area contributed by atoms with E-state index in [1.165, 1.54) is 25.7 Å². The molecule has 1 atom stereocenters. The fraction of sp³-hybridized carbons (Fsp3) is 1.00. The van der Waals surface area contributed by atoms with E-state index in [9.17, 15) is 0 Å². The highest BCUT2D eigenvalue weighted by Crippen LogP contribution is 2.09. The molecule has 1 N–H and O–H groups in total. The molecule has 0 aliphatic carbocycles. The Morgan fingerprint density at radius 3 is 2.47 bits per heavy atom. The maximum absolute atomic E-state index is 8.95. The van der Waals surface area contributed by atoms with Gasteiger partial charge < -0.3 is 10.0 Å². The molecule has 0 bridgehead atoms. The van der Waals surface area contributed by atoms with Crippen molar-refractivity contribution in [2.24, 2.45) is 5.92 Å². The Bertz CT molecular complexity index is 133. The number of hydrogen-bond acceptors (Lipinski definition) is 3. The number of nitrogens with zero attached hydrogens (tertiary/aromatic N) is 1. The Morgan fingerprint density at radius 2 is 1.93 bits per heavy atom. The molecule has 92 valence electrons. The van der Waals surface area contributed by atoms with E-state index >= 15 is 0 Å². The van der Waals surface area contributed by atoms with Crippen LogP contribution in [0, 0.1) is 5.92 Å². The van der Waals surface area contributed by atoms with Gasteiger partial charge in [0.2, 0.25) is 0 Å². The van der Waals surface area contributed by atoms with Crippen LogP contribution in [0.4, 0.5) is 0 Å². The summed E-state index contributed by atoms with van der Waals surface area (Å²) in [5.74, 6) is 1.74. The molecule has 0 aromatic heterocycles. The second kappa shape index (κ2) is 10.8. The highest BCUT2D eigenvalue weighted by atomic mass is 32.1. The molecule has 1 unspecified atom stereocenters. The molecule has 2 nitrogen and oxygen atoms in total. The van der Waals surface area contributed by atoms with Gasteiger partial charge in [0.25, 0.3) is 0 Å². The van der Waals surface area contributed by atoms with Crippen molar-refractivity contribution in [2.75, 3.05) is 32.0 Å². The van der Waals surface area contributed by atoms with Gasteiger partial charge in [-0.15, -0.1) is 0 Å². The number of rotatable bonds is 10. The van der Waals surface area contributed by atoms with Crippen LogP contribution >= 0.6 is 12.6 Å². The topological polar surface area (TPSA) is 23.5 Å². The molecular weight excluding hydrogens is 206 g/mol. The van der Waals surface area contributed by atoms with Gasteiger partial charge in [-0.3, -0.25) is 0 Å². The Hall–Kier alpha value is 0.270. The number of unbranched alkanes of at least 4 members (excludes halogenated alkanes) is 1. The van der Waals surface area contributed by atoms with Crippen LogP contribution in [0.3, 0.4) is 0 Å². The van der Waals surface area contributed by atoms with Gasteiger partial charge in [-0.2, -0.15) is 12.6 Å². The zero-order chi connectivity index (χ0) is 11.5. The second-order valence-electron chi connectivity index (χ2n) is 4.32. The standard InChI is InChI=1S/C12H27NOS/c1-3-4-7-13(9-10-14)8-5-12(2)6-11-15/h12,14-15H,3-11H2,1-2H3. The van der Waals surface area contributed by atoms with Crippen LogP contribution in [0.25, 0.3) is 0 Å². The lowest BCUT2D eigenvalue weighted by molar-refractivity contribution is 0.185. The van der Waals surface area contributed by atoms with E-state index in [4.69, 9.17) is 5.11 Å².